The molecular formula is C23H20N2O4S2. The summed E-state index contributed by atoms with van der Waals surface area (Å²) in [5, 5.41) is 11.8. The number of benzene rings is 2. The quantitative estimate of drug-likeness (QED) is 0.473. The van der Waals surface area contributed by atoms with Gasteiger partial charge in [0, 0.05) is 13.0 Å². The summed E-state index contributed by atoms with van der Waals surface area (Å²) < 4.78 is 0.391. The van der Waals surface area contributed by atoms with Crippen LogP contribution in [0.3, 0.4) is 0 Å². The van der Waals surface area contributed by atoms with Crippen molar-refractivity contribution in [3.05, 3.63) is 82.3 Å². The molecule has 2 N–H and O–H groups in total. The van der Waals surface area contributed by atoms with Crippen LogP contribution < -0.4 is 5.32 Å². The third kappa shape index (κ3) is 5.90. The number of anilines is 1. The van der Waals surface area contributed by atoms with Crippen LogP contribution in [0.4, 0.5) is 5.69 Å². The second kappa shape index (κ2) is 10.2. The highest BCUT2D eigenvalue weighted by atomic mass is 32.2. The zero-order valence-corrected chi connectivity index (χ0v) is 18.3. The second-order valence-corrected chi connectivity index (χ2v) is 8.46. The van der Waals surface area contributed by atoms with Crippen LogP contribution in [0.25, 0.3) is 6.08 Å². The van der Waals surface area contributed by atoms with Crippen molar-refractivity contribution in [2.24, 2.45) is 0 Å². The zero-order valence-electron chi connectivity index (χ0n) is 16.7. The number of allylic oxidation sites excluding steroid dienone is 2. The molecule has 0 radical (unpaired) electrons. The first-order valence-electron chi connectivity index (χ1n) is 9.46. The Labute approximate surface area is 189 Å². The minimum atomic E-state index is -1.13. The molecule has 3 rings (SSSR count). The van der Waals surface area contributed by atoms with E-state index in [0.717, 1.165) is 11.1 Å². The van der Waals surface area contributed by atoms with Gasteiger partial charge < -0.3 is 10.4 Å². The molecule has 0 spiro atoms. The molecule has 1 saturated heterocycles. The minimum absolute atomic E-state index is 0.00470. The van der Waals surface area contributed by atoms with Crippen molar-refractivity contribution in [2.45, 2.75) is 13.3 Å². The molecule has 0 unspecified atom stereocenters. The summed E-state index contributed by atoms with van der Waals surface area (Å²) in [6.07, 6.45) is 3.75. The van der Waals surface area contributed by atoms with Gasteiger partial charge in [-0.3, -0.25) is 14.5 Å². The predicted molar refractivity (Wildman–Crippen MR) is 127 cm³/mol. The Morgan fingerprint density at radius 1 is 1.13 bits per heavy atom. The molecule has 0 atom stereocenters. The lowest BCUT2D eigenvalue weighted by molar-refractivity contribution is -0.122. The summed E-state index contributed by atoms with van der Waals surface area (Å²) in [7, 11) is 0. The second-order valence-electron chi connectivity index (χ2n) is 6.78. The first-order valence-corrected chi connectivity index (χ1v) is 10.7. The normalized spacial score (nSPS) is 15.5. The number of rotatable bonds is 7. The van der Waals surface area contributed by atoms with E-state index in [1.54, 1.807) is 18.2 Å². The fraction of sp³-hybridized carbons (Fsp3) is 0.130. The van der Waals surface area contributed by atoms with Gasteiger partial charge in [-0.2, -0.15) is 0 Å². The Bertz CT molecular complexity index is 1090. The van der Waals surface area contributed by atoms with Gasteiger partial charge in [0.2, 0.25) is 5.91 Å². The van der Waals surface area contributed by atoms with Crippen LogP contribution >= 0.6 is 24.0 Å². The number of hydrogen-bond donors (Lipinski definition) is 2. The van der Waals surface area contributed by atoms with E-state index in [9.17, 15) is 19.5 Å². The summed E-state index contributed by atoms with van der Waals surface area (Å²) >= 11 is 6.51. The lowest BCUT2D eigenvalue weighted by Gasteiger charge is -2.14. The van der Waals surface area contributed by atoms with Gasteiger partial charge in [0.25, 0.3) is 5.91 Å². The molecule has 6 nitrogen and oxygen atoms in total. The lowest BCUT2D eigenvalue weighted by Crippen LogP contribution is -2.31. The van der Waals surface area contributed by atoms with Gasteiger partial charge in [-0.15, -0.1) is 0 Å². The highest BCUT2D eigenvalue weighted by Gasteiger charge is 2.32. The maximum absolute atomic E-state index is 12.7. The highest BCUT2D eigenvalue weighted by Crippen LogP contribution is 2.32. The maximum Gasteiger partial charge on any atom is 0.337 e. The van der Waals surface area contributed by atoms with Crippen molar-refractivity contribution in [3.8, 4) is 0 Å². The van der Waals surface area contributed by atoms with Crippen molar-refractivity contribution in [3.63, 3.8) is 0 Å². The van der Waals surface area contributed by atoms with E-state index in [0.29, 0.717) is 9.23 Å². The van der Waals surface area contributed by atoms with E-state index in [1.165, 1.54) is 28.8 Å². The van der Waals surface area contributed by atoms with Crippen LogP contribution in [-0.2, 0) is 9.59 Å². The zero-order chi connectivity index (χ0) is 22.4. The molecule has 1 aliphatic rings. The third-order valence-electron chi connectivity index (χ3n) is 4.42. The average molecular weight is 453 g/mol. The molecule has 1 aliphatic heterocycles. The number of thioether (sulfide) groups is 1. The Kier molecular flexibility index (Phi) is 7.38. The molecule has 0 aromatic heterocycles. The largest absolute Gasteiger partial charge is 0.478 e. The average Bonchev–Trinajstić information content (AvgIpc) is 2.99. The summed E-state index contributed by atoms with van der Waals surface area (Å²) in [5.74, 6) is -1.77. The van der Waals surface area contributed by atoms with Gasteiger partial charge in [0.05, 0.1) is 16.2 Å². The fourth-order valence-electron chi connectivity index (χ4n) is 2.96. The van der Waals surface area contributed by atoms with Gasteiger partial charge in [-0.05, 0) is 36.3 Å². The fourth-order valence-corrected chi connectivity index (χ4v) is 4.32. The number of hydrogen-bond acceptors (Lipinski definition) is 5. The number of para-hydroxylation sites is 1. The van der Waals surface area contributed by atoms with Crippen molar-refractivity contribution >= 4 is 57.8 Å². The lowest BCUT2D eigenvalue weighted by atomic mass is 10.1. The molecule has 1 heterocycles. The molecule has 2 aromatic carbocycles. The van der Waals surface area contributed by atoms with Crippen LogP contribution in [0.5, 0.6) is 0 Å². The summed E-state index contributed by atoms with van der Waals surface area (Å²) in [6, 6.07) is 15.9. The van der Waals surface area contributed by atoms with Crippen molar-refractivity contribution in [2.75, 3.05) is 11.9 Å². The first kappa shape index (κ1) is 22.5. The number of aromatic carboxylic acids is 1. The van der Waals surface area contributed by atoms with Crippen molar-refractivity contribution in [1.29, 1.82) is 0 Å². The van der Waals surface area contributed by atoms with Crippen LogP contribution in [-0.4, -0.2) is 38.7 Å². The number of amides is 2. The standard InChI is InChI=1S/C23H20N2O4S2/c1-15(13-16-7-3-2-4-8-16)14-19-21(27)25(23(30)31-19)12-11-20(26)24-18-10-6-5-9-17(18)22(28)29/h2-10,13-14H,11-12H2,1H3,(H,24,26)(H,28,29)/b15-13+,19-14-. The molecule has 0 aliphatic carbocycles. The van der Waals surface area contributed by atoms with Crippen LogP contribution in [0.15, 0.2) is 71.2 Å². The van der Waals surface area contributed by atoms with Crippen LogP contribution in [0.1, 0.15) is 29.3 Å². The van der Waals surface area contributed by atoms with E-state index in [2.05, 4.69) is 5.32 Å². The Morgan fingerprint density at radius 3 is 2.52 bits per heavy atom. The number of carboxylic acid groups (broad SMARTS) is 1. The monoisotopic (exact) mass is 452 g/mol. The van der Waals surface area contributed by atoms with Crippen LogP contribution in [0.2, 0.25) is 0 Å². The van der Waals surface area contributed by atoms with Crippen molar-refractivity contribution < 1.29 is 19.5 Å². The van der Waals surface area contributed by atoms with Crippen molar-refractivity contribution in [1.82, 2.24) is 4.90 Å². The van der Waals surface area contributed by atoms with Crippen LogP contribution in [0, 0.1) is 0 Å². The molecule has 8 heteroatoms. The number of nitrogens with zero attached hydrogens (tertiary/aromatic N) is 1. The molecule has 158 valence electrons. The summed E-state index contributed by atoms with van der Waals surface area (Å²) in [6.45, 7) is 2.03. The van der Waals surface area contributed by atoms with E-state index in [4.69, 9.17) is 12.2 Å². The van der Waals surface area contributed by atoms with Gasteiger partial charge in [-0.25, -0.2) is 4.79 Å². The van der Waals surface area contributed by atoms with E-state index >= 15 is 0 Å². The number of thiocarbonyl (C=S) groups is 1. The molecule has 2 aromatic rings. The van der Waals surface area contributed by atoms with Gasteiger partial charge >= 0.3 is 5.97 Å². The molecule has 0 bridgehead atoms. The Morgan fingerprint density at radius 2 is 1.81 bits per heavy atom. The Hall–Kier alpha value is -3.23. The molecule has 1 fully saturated rings. The van der Waals surface area contributed by atoms with Gasteiger partial charge in [0.1, 0.15) is 4.32 Å². The molecule has 0 saturated carbocycles. The van der Waals surface area contributed by atoms with Gasteiger partial charge in [-0.1, -0.05) is 72.5 Å². The predicted octanol–water partition coefficient (Wildman–Crippen LogP) is 4.56. The first-order chi connectivity index (χ1) is 14.8. The van der Waals surface area contributed by atoms with Gasteiger partial charge in [0.15, 0.2) is 0 Å². The minimum Gasteiger partial charge on any atom is -0.478 e. The molecular weight excluding hydrogens is 432 g/mol. The number of nitrogens with one attached hydrogen (secondary N) is 1. The van der Waals surface area contributed by atoms with E-state index in [-0.39, 0.29) is 30.1 Å². The summed E-state index contributed by atoms with van der Waals surface area (Å²) in [5.41, 5.74) is 2.16. The highest BCUT2D eigenvalue weighted by molar-refractivity contribution is 8.26. The Balaban J connectivity index is 1.62. The SMILES string of the molecule is CC(/C=C1\SC(=S)N(CCC(=O)Nc2ccccc2C(=O)O)C1=O)=C\c1ccccc1. The third-order valence-corrected chi connectivity index (χ3v) is 5.80. The molecule has 2 amide bonds. The summed E-state index contributed by atoms with van der Waals surface area (Å²) in [4.78, 5) is 38.2. The van der Waals surface area contributed by atoms with E-state index in [1.807, 2.05) is 43.3 Å². The topological polar surface area (TPSA) is 86.7 Å². The number of carbonyl (C=O) groups is 3. The smallest absolute Gasteiger partial charge is 0.337 e. The number of carbonyl (C=O) groups excluding carboxylic acids is 2. The molecule has 31 heavy (non-hydrogen) atoms. The maximum atomic E-state index is 12.7. The number of carboxylic acids is 1. The van der Waals surface area contributed by atoms with E-state index < -0.39 is 11.9 Å².